The average Bonchev–Trinajstić information content (AvgIpc) is 3.19. The van der Waals surface area contributed by atoms with Crippen molar-refractivity contribution in [2.24, 2.45) is 0 Å². The van der Waals surface area contributed by atoms with Crippen LogP contribution < -0.4 is 5.32 Å². The monoisotopic (exact) mass is 275 g/mol. The summed E-state index contributed by atoms with van der Waals surface area (Å²) in [7, 11) is 0. The minimum atomic E-state index is 0.522. The Morgan fingerprint density at radius 1 is 1.21 bits per heavy atom. The van der Waals surface area contributed by atoms with Crippen LogP contribution in [0.4, 0.5) is 0 Å². The molecule has 19 heavy (non-hydrogen) atoms. The standard InChI is InChI=1S/C17H25NS/c1-19-17(10-4-5-11-17)13-18-12-15-6-2-3-7-16(15)14-8-9-14/h2-3,6-7,14,18H,4-5,8-13H2,1H3. The first-order valence-electron chi connectivity index (χ1n) is 7.67. The molecule has 0 bridgehead atoms. The van der Waals surface area contributed by atoms with E-state index >= 15 is 0 Å². The fourth-order valence-electron chi connectivity index (χ4n) is 3.39. The topological polar surface area (TPSA) is 12.0 Å². The van der Waals surface area contributed by atoms with Gasteiger partial charge in [0.15, 0.2) is 0 Å². The summed E-state index contributed by atoms with van der Waals surface area (Å²) in [4.78, 5) is 0. The van der Waals surface area contributed by atoms with Gasteiger partial charge in [-0.2, -0.15) is 11.8 Å². The Bertz CT molecular complexity index is 419. The maximum absolute atomic E-state index is 3.74. The Hall–Kier alpha value is -0.470. The molecule has 2 saturated carbocycles. The van der Waals surface area contributed by atoms with Crippen LogP contribution in [0.5, 0.6) is 0 Å². The van der Waals surface area contributed by atoms with Crippen molar-refractivity contribution in [2.75, 3.05) is 12.8 Å². The Labute approximate surface area is 121 Å². The van der Waals surface area contributed by atoms with Crippen LogP contribution in [0.3, 0.4) is 0 Å². The highest BCUT2D eigenvalue weighted by Gasteiger charge is 2.32. The molecule has 1 N–H and O–H groups in total. The number of hydrogen-bond donors (Lipinski definition) is 1. The second-order valence-electron chi connectivity index (χ2n) is 6.17. The molecule has 0 aliphatic heterocycles. The van der Waals surface area contributed by atoms with Crippen LogP contribution in [0.2, 0.25) is 0 Å². The van der Waals surface area contributed by atoms with Gasteiger partial charge in [-0.25, -0.2) is 0 Å². The van der Waals surface area contributed by atoms with Gasteiger partial charge in [-0.15, -0.1) is 0 Å². The molecular weight excluding hydrogens is 250 g/mol. The maximum atomic E-state index is 3.74. The number of hydrogen-bond acceptors (Lipinski definition) is 2. The quantitative estimate of drug-likeness (QED) is 0.829. The molecule has 0 radical (unpaired) electrons. The minimum absolute atomic E-state index is 0.522. The minimum Gasteiger partial charge on any atom is -0.311 e. The maximum Gasteiger partial charge on any atom is 0.0281 e. The van der Waals surface area contributed by atoms with Gasteiger partial charge in [-0.05, 0) is 49.0 Å². The normalized spacial score (nSPS) is 21.7. The summed E-state index contributed by atoms with van der Waals surface area (Å²) in [6.07, 6.45) is 10.7. The van der Waals surface area contributed by atoms with E-state index in [0.717, 1.165) is 12.5 Å². The molecule has 0 unspecified atom stereocenters. The van der Waals surface area contributed by atoms with Gasteiger partial charge in [-0.3, -0.25) is 0 Å². The molecule has 2 aliphatic rings. The second-order valence-corrected chi connectivity index (χ2v) is 7.45. The van der Waals surface area contributed by atoms with Gasteiger partial charge < -0.3 is 5.32 Å². The lowest BCUT2D eigenvalue weighted by atomic mass is 10.0. The first kappa shape index (κ1) is 13.5. The van der Waals surface area contributed by atoms with Crippen LogP contribution in [-0.4, -0.2) is 17.5 Å². The van der Waals surface area contributed by atoms with E-state index < -0.39 is 0 Å². The highest BCUT2D eigenvalue weighted by molar-refractivity contribution is 8.00. The predicted molar refractivity (Wildman–Crippen MR) is 84.8 cm³/mol. The van der Waals surface area contributed by atoms with Crippen LogP contribution in [-0.2, 0) is 6.54 Å². The first-order valence-corrected chi connectivity index (χ1v) is 8.89. The smallest absolute Gasteiger partial charge is 0.0281 e. The average molecular weight is 275 g/mol. The highest BCUT2D eigenvalue weighted by atomic mass is 32.2. The van der Waals surface area contributed by atoms with Crippen LogP contribution >= 0.6 is 11.8 Å². The van der Waals surface area contributed by atoms with Crippen LogP contribution in [0.25, 0.3) is 0 Å². The molecule has 104 valence electrons. The third-order valence-electron chi connectivity index (χ3n) is 4.78. The third-order valence-corrected chi connectivity index (χ3v) is 6.20. The molecule has 1 aromatic rings. The second kappa shape index (κ2) is 5.88. The van der Waals surface area contributed by atoms with Crippen molar-refractivity contribution >= 4 is 11.8 Å². The number of benzene rings is 1. The van der Waals surface area contributed by atoms with Crippen LogP contribution in [0.1, 0.15) is 55.6 Å². The molecule has 0 spiro atoms. The van der Waals surface area contributed by atoms with Crippen molar-refractivity contribution in [3.8, 4) is 0 Å². The molecule has 3 rings (SSSR count). The zero-order chi connectivity index (χ0) is 13.1. The first-order chi connectivity index (χ1) is 9.33. The van der Waals surface area contributed by atoms with Gasteiger partial charge >= 0.3 is 0 Å². The molecule has 2 fully saturated rings. The summed E-state index contributed by atoms with van der Waals surface area (Å²) >= 11 is 2.08. The molecule has 0 aromatic heterocycles. The van der Waals surface area contributed by atoms with E-state index in [2.05, 4.69) is 47.6 Å². The SMILES string of the molecule is CSC1(CNCc2ccccc2C2CC2)CCCC1. The highest BCUT2D eigenvalue weighted by Crippen LogP contribution is 2.42. The molecule has 0 amide bonds. The van der Waals surface area contributed by atoms with Crippen molar-refractivity contribution in [3.63, 3.8) is 0 Å². The summed E-state index contributed by atoms with van der Waals surface area (Å²) in [5, 5.41) is 3.74. The lowest BCUT2D eigenvalue weighted by Gasteiger charge is -2.27. The van der Waals surface area contributed by atoms with Crippen molar-refractivity contribution in [1.82, 2.24) is 5.32 Å². The van der Waals surface area contributed by atoms with Crippen molar-refractivity contribution in [1.29, 1.82) is 0 Å². The fraction of sp³-hybridized carbons (Fsp3) is 0.647. The Kier molecular flexibility index (Phi) is 4.18. The number of thioether (sulfide) groups is 1. The van der Waals surface area contributed by atoms with Gasteiger partial charge in [-0.1, -0.05) is 37.1 Å². The van der Waals surface area contributed by atoms with Gasteiger partial charge in [0, 0.05) is 17.8 Å². The Morgan fingerprint density at radius 3 is 2.63 bits per heavy atom. The van der Waals surface area contributed by atoms with E-state index in [4.69, 9.17) is 0 Å². The lowest BCUT2D eigenvalue weighted by Crippen LogP contribution is -2.34. The van der Waals surface area contributed by atoms with E-state index in [9.17, 15) is 0 Å². The fourth-order valence-corrected chi connectivity index (χ4v) is 4.33. The van der Waals surface area contributed by atoms with E-state index in [-0.39, 0.29) is 0 Å². The molecule has 0 heterocycles. The summed E-state index contributed by atoms with van der Waals surface area (Å²) in [6, 6.07) is 9.01. The van der Waals surface area contributed by atoms with Gasteiger partial charge in [0.25, 0.3) is 0 Å². The van der Waals surface area contributed by atoms with Crippen molar-refractivity contribution in [3.05, 3.63) is 35.4 Å². The summed E-state index contributed by atoms with van der Waals surface area (Å²) < 4.78 is 0.522. The zero-order valence-electron chi connectivity index (χ0n) is 12.0. The molecule has 2 heteroatoms. The van der Waals surface area contributed by atoms with Crippen LogP contribution in [0, 0.1) is 0 Å². The molecular formula is C17H25NS. The van der Waals surface area contributed by atoms with Gasteiger partial charge in [0.05, 0.1) is 0 Å². The molecule has 2 aliphatic carbocycles. The lowest BCUT2D eigenvalue weighted by molar-refractivity contribution is 0.532. The van der Waals surface area contributed by atoms with E-state index in [1.54, 1.807) is 5.56 Å². The Morgan fingerprint density at radius 2 is 1.95 bits per heavy atom. The third kappa shape index (κ3) is 3.17. The summed E-state index contributed by atoms with van der Waals surface area (Å²) in [6.45, 7) is 2.22. The van der Waals surface area contributed by atoms with Gasteiger partial charge in [0.2, 0.25) is 0 Å². The molecule has 1 aromatic carbocycles. The summed E-state index contributed by atoms with van der Waals surface area (Å²) in [5.74, 6) is 0.860. The molecule has 1 nitrogen and oxygen atoms in total. The van der Waals surface area contributed by atoms with Crippen LogP contribution in [0.15, 0.2) is 24.3 Å². The molecule has 0 atom stereocenters. The predicted octanol–water partition coefficient (Wildman–Crippen LogP) is 4.33. The zero-order valence-corrected chi connectivity index (χ0v) is 12.8. The number of rotatable bonds is 6. The largest absolute Gasteiger partial charge is 0.311 e. The van der Waals surface area contributed by atoms with Gasteiger partial charge in [0.1, 0.15) is 0 Å². The van der Waals surface area contributed by atoms with E-state index in [1.807, 2.05) is 0 Å². The van der Waals surface area contributed by atoms with Crippen molar-refractivity contribution in [2.45, 2.75) is 55.7 Å². The van der Waals surface area contributed by atoms with E-state index in [0.29, 0.717) is 4.75 Å². The van der Waals surface area contributed by atoms with Crippen molar-refractivity contribution < 1.29 is 0 Å². The molecule has 0 saturated heterocycles. The Balaban J connectivity index is 1.57. The van der Waals surface area contributed by atoms with E-state index in [1.165, 1.54) is 50.6 Å². The number of nitrogens with one attached hydrogen (secondary N) is 1. The summed E-state index contributed by atoms with van der Waals surface area (Å²) in [5.41, 5.74) is 3.12.